The van der Waals surface area contributed by atoms with Crippen molar-refractivity contribution in [3.05, 3.63) is 43.9 Å². The van der Waals surface area contributed by atoms with Crippen LogP contribution in [0, 0.1) is 13.8 Å². The first-order valence-corrected chi connectivity index (χ1v) is 6.18. The van der Waals surface area contributed by atoms with E-state index in [2.05, 4.69) is 15.9 Å². The molecule has 0 saturated heterocycles. The highest BCUT2D eigenvalue weighted by Gasteiger charge is 2.19. The second-order valence-electron chi connectivity index (χ2n) is 3.42. The highest BCUT2D eigenvalue weighted by Crippen LogP contribution is 2.34. The van der Waals surface area contributed by atoms with Gasteiger partial charge in [0.15, 0.2) is 4.67 Å². The van der Waals surface area contributed by atoms with Gasteiger partial charge in [-0.3, -0.25) is 0 Å². The van der Waals surface area contributed by atoms with Crippen molar-refractivity contribution in [2.45, 2.75) is 20.0 Å². The molecular weight excluding hydrogens is 276 g/mol. The van der Waals surface area contributed by atoms with E-state index in [1.807, 2.05) is 19.9 Å². The molecule has 0 aromatic carbocycles. The molecular formula is C11H11BrO2S. The summed E-state index contributed by atoms with van der Waals surface area (Å²) in [7, 11) is 0. The number of hydrogen-bond acceptors (Lipinski definition) is 3. The van der Waals surface area contributed by atoms with Crippen molar-refractivity contribution in [3.8, 4) is 0 Å². The van der Waals surface area contributed by atoms with Crippen LogP contribution in [0.2, 0.25) is 0 Å². The van der Waals surface area contributed by atoms with Gasteiger partial charge < -0.3 is 9.52 Å². The van der Waals surface area contributed by atoms with Crippen LogP contribution in [0.25, 0.3) is 0 Å². The van der Waals surface area contributed by atoms with E-state index >= 15 is 0 Å². The number of aryl methyl sites for hydroxylation is 2. The molecule has 2 aromatic heterocycles. The third-order valence-corrected chi connectivity index (χ3v) is 3.94. The molecule has 80 valence electrons. The Morgan fingerprint density at radius 2 is 2.13 bits per heavy atom. The molecule has 4 heteroatoms. The van der Waals surface area contributed by atoms with E-state index in [9.17, 15) is 5.11 Å². The van der Waals surface area contributed by atoms with Crippen LogP contribution in [0.3, 0.4) is 0 Å². The maximum absolute atomic E-state index is 10.2. The monoisotopic (exact) mass is 286 g/mol. The molecule has 0 spiro atoms. The van der Waals surface area contributed by atoms with Crippen molar-refractivity contribution in [3.63, 3.8) is 0 Å². The van der Waals surface area contributed by atoms with Gasteiger partial charge in [-0.25, -0.2) is 0 Å². The second kappa shape index (κ2) is 4.12. The van der Waals surface area contributed by atoms with Gasteiger partial charge in [0.1, 0.15) is 6.10 Å². The van der Waals surface area contributed by atoms with Crippen LogP contribution in [0.4, 0.5) is 0 Å². The third kappa shape index (κ3) is 2.02. The number of aliphatic hydroxyl groups excluding tert-OH is 1. The number of halogens is 1. The van der Waals surface area contributed by atoms with Crippen molar-refractivity contribution >= 4 is 27.3 Å². The summed E-state index contributed by atoms with van der Waals surface area (Å²) in [5.74, 6) is 0. The molecule has 0 radical (unpaired) electrons. The van der Waals surface area contributed by atoms with Gasteiger partial charge in [-0.15, -0.1) is 11.3 Å². The van der Waals surface area contributed by atoms with Crippen LogP contribution in [-0.2, 0) is 0 Å². The Morgan fingerprint density at radius 1 is 1.40 bits per heavy atom. The first kappa shape index (κ1) is 10.9. The molecule has 1 unspecified atom stereocenters. The molecule has 0 aliphatic rings. The maximum Gasteiger partial charge on any atom is 0.175 e. The zero-order valence-corrected chi connectivity index (χ0v) is 10.9. The van der Waals surface area contributed by atoms with Gasteiger partial charge in [0.25, 0.3) is 0 Å². The Labute approximate surface area is 101 Å². The van der Waals surface area contributed by atoms with Crippen LogP contribution in [-0.4, -0.2) is 5.11 Å². The van der Waals surface area contributed by atoms with Crippen molar-refractivity contribution in [2.24, 2.45) is 0 Å². The van der Waals surface area contributed by atoms with Crippen molar-refractivity contribution < 1.29 is 9.52 Å². The van der Waals surface area contributed by atoms with Crippen LogP contribution in [0.15, 0.2) is 27.5 Å². The molecule has 1 N–H and O–H groups in total. The first-order chi connectivity index (χ1) is 7.09. The van der Waals surface area contributed by atoms with Gasteiger partial charge in [0.2, 0.25) is 0 Å². The molecule has 0 amide bonds. The Balaban J connectivity index is 2.40. The quantitative estimate of drug-likeness (QED) is 0.911. The highest BCUT2D eigenvalue weighted by molar-refractivity contribution is 9.10. The normalized spacial score (nSPS) is 13.1. The van der Waals surface area contributed by atoms with Crippen molar-refractivity contribution in [1.82, 2.24) is 0 Å². The summed E-state index contributed by atoms with van der Waals surface area (Å²) in [5, 5.41) is 10.2. The topological polar surface area (TPSA) is 33.4 Å². The van der Waals surface area contributed by atoms with Crippen molar-refractivity contribution in [2.75, 3.05) is 0 Å². The summed E-state index contributed by atoms with van der Waals surface area (Å²) in [6.45, 7) is 4.06. The van der Waals surface area contributed by atoms with Crippen molar-refractivity contribution in [1.29, 1.82) is 0 Å². The van der Waals surface area contributed by atoms with Gasteiger partial charge in [0, 0.05) is 15.3 Å². The molecule has 0 fully saturated rings. The summed E-state index contributed by atoms with van der Waals surface area (Å²) in [4.78, 5) is 2.36. The van der Waals surface area contributed by atoms with E-state index < -0.39 is 6.10 Å². The SMILES string of the molecule is Cc1cc(C(O)c2ccoc2Br)c(C)s1. The van der Waals surface area contributed by atoms with Gasteiger partial charge in [-0.2, -0.15) is 0 Å². The number of thiophene rings is 1. The number of aliphatic hydroxyl groups is 1. The lowest BCUT2D eigenvalue weighted by atomic mass is 10.1. The van der Waals surface area contributed by atoms with Gasteiger partial charge in [0.05, 0.1) is 6.26 Å². The van der Waals surface area contributed by atoms with Crippen LogP contribution >= 0.6 is 27.3 Å². The smallest absolute Gasteiger partial charge is 0.175 e. The Hall–Kier alpha value is -0.580. The summed E-state index contributed by atoms with van der Waals surface area (Å²) in [5.41, 5.74) is 1.73. The molecule has 2 aromatic rings. The molecule has 0 aliphatic heterocycles. The summed E-state index contributed by atoms with van der Waals surface area (Å²) < 4.78 is 5.71. The van der Waals surface area contributed by atoms with E-state index in [1.165, 1.54) is 4.88 Å². The maximum atomic E-state index is 10.2. The van der Waals surface area contributed by atoms with E-state index in [-0.39, 0.29) is 0 Å². The zero-order chi connectivity index (χ0) is 11.0. The van der Waals surface area contributed by atoms with E-state index in [0.717, 1.165) is 16.0 Å². The first-order valence-electron chi connectivity index (χ1n) is 4.57. The van der Waals surface area contributed by atoms with E-state index in [4.69, 9.17) is 4.42 Å². The Morgan fingerprint density at radius 3 is 2.60 bits per heavy atom. The Kier molecular flexibility index (Phi) is 3.00. The fraction of sp³-hybridized carbons (Fsp3) is 0.273. The lowest BCUT2D eigenvalue weighted by Gasteiger charge is -2.08. The molecule has 15 heavy (non-hydrogen) atoms. The van der Waals surface area contributed by atoms with Gasteiger partial charge >= 0.3 is 0 Å². The molecule has 0 aliphatic carbocycles. The molecule has 2 rings (SSSR count). The lowest BCUT2D eigenvalue weighted by Crippen LogP contribution is -1.98. The average molecular weight is 287 g/mol. The van der Waals surface area contributed by atoms with E-state index in [1.54, 1.807) is 23.7 Å². The minimum absolute atomic E-state index is 0.596. The second-order valence-corrected chi connectivity index (χ2v) is 5.60. The van der Waals surface area contributed by atoms with Crippen LogP contribution in [0.1, 0.15) is 27.0 Å². The predicted molar refractivity (Wildman–Crippen MR) is 64.3 cm³/mol. The zero-order valence-electron chi connectivity index (χ0n) is 8.45. The standard InChI is InChI=1S/C11H11BrO2S/c1-6-5-9(7(2)15-6)10(13)8-3-4-14-11(8)12/h3-5,10,13H,1-2H3. The number of furan rings is 1. The van der Waals surface area contributed by atoms with Crippen LogP contribution in [0.5, 0.6) is 0 Å². The minimum Gasteiger partial charge on any atom is -0.457 e. The lowest BCUT2D eigenvalue weighted by molar-refractivity contribution is 0.217. The Bertz CT molecular complexity index is 473. The predicted octanol–water partition coefficient (Wildman–Crippen LogP) is 3.80. The fourth-order valence-electron chi connectivity index (χ4n) is 1.59. The third-order valence-electron chi connectivity index (χ3n) is 2.31. The summed E-state index contributed by atoms with van der Waals surface area (Å²) in [6.07, 6.45) is 0.958. The van der Waals surface area contributed by atoms with Gasteiger partial charge in [-0.1, -0.05) is 0 Å². The number of rotatable bonds is 2. The molecule has 0 saturated carbocycles. The van der Waals surface area contributed by atoms with E-state index in [0.29, 0.717) is 4.67 Å². The van der Waals surface area contributed by atoms with Gasteiger partial charge in [-0.05, 0) is 47.5 Å². The molecule has 2 heterocycles. The molecule has 1 atom stereocenters. The number of hydrogen-bond donors (Lipinski definition) is 1. The molecule has 0 bridgehead atoms. The van der Waals surface area contributed by atoms with Crippen LogP contribution < -0.4 is 0 Å². The highest BCUT2D eigenvalue weighted by atomic mass is 79.9. The summed E-state index contributed by atoms with van der Waals surface area (Å²) in [6, 6.07) is 3.80. The fourth-order valence-corrected chi connectivity index (χ4v) is 3.00. The average Bonchev–Trinajstić information content (AvgIpc) is 2.71. The minimum atomic E-state index is -0.608. The largest absolute Gasteiger partial charge is 0.457 e. The molecule has 2 nitrogen and oxygen atoms in total. The summed E-state index contributed by atoms with van der Waals surface area (Å²) >= 11 is 4.97.